The van der Waals surface area contributed by atoms with Gasteiger partial charge < -0.3 is 4.74 Å². The topological polar surface area (TPSA) is 26.3 Å². The van der Waals surface area contributed by atoms with Crippen LogP contribution in [0.5, 0.6) is 5.75 Å². The van der Waals surface area contributed by atoms with Crippen LogP contribution in [0.15, 0.2) is 18.2 Å². The number of rotatable bonds is 1. The zero-order valence-electron chi connectivity index (χ0n) is 7.54. The lowest BCUT2D eigenvalue weighted by Crippen LogP contribution is -2.29. The molecular formula is C10H7Br3O2. The normalized spacial score (nSPS) is 24.6. The van der Waals surface area contributed by atoms with Crippen molar-refractivity contribution >= 4 is 53.8 Å². The summed E-state index contributed by atoms with van der Waals surface area (Å²) < 4.78 is 5.18. The van der Waals surface area contributed by atoms with Gasteiger partial charge in [0.25, 0.3) is 0 Å². The van der Waals surface area contributed by atoms with Gasteiger partial charge >= 0.3 is 5.97 Å². The Morgan fingerprint density at radius 2 is 2.00 bits per heavy atom. The van der Waals surface area contributed by atoms with Crippen LogP contribution in [0.4, 0.5) is 0 Å². The van der Waals surface area contributed by atoms with Crippen LogP contribution in [0.2, 0.25) is 0 Å². The smallest absolute Gasteiger partial charge is 0.326 e. The monoisotopic (exact) mass is 396 g/mol. The second-order valence-corrected chi connectivity index (χ2v) is 5.76. The summed E-state index contributed by atoms with van der Waals surface area (Å²) in [5, 5.41) is 0.793. The minimum absolute atomic E-state index is 0.0345. The van der Waals surface area contributed by atoms with Crippen LogP contribution in [0.25, 0.3) is 0 Å². The average Bonchev–Trinajstić information content (AvgIpc) is 2.26. The van der Waals surface area contributed by atoms with E-state index in [1.807, 2.05) is 18.2 Å². The molecule has 0 aromatic heterocycles. The van der Waals surface area contributed by atoms with Gasteiger partial charge in [-0.3, -0.25) is 4.79 Å². The van der Waals surface area contributed by atoms with E-state index >= 15 is 0 Å². The molecule has 2 atom stereocenters. The van der Waals surface area contributed by atoms with Gasteiger partial charge in [0.05, 0.1) is 4.83 Å². The molecule has 0 fully saturated rings. The summed E-state index contributed by atoms with van der Waals surface area (Å²) in [7, 11) is 0. The molecule has 0 amide bonds. The molecule has 1 heterocycles. The maximum atomic E-state index is 11.4. The Labute approximate surface area is 113 Å². The van der Waals surface area contributed by atoms with Gasteiger partial charge in [0, 0.05) is 10.9 Å². The summed E-state index contributed by atoms with van der Waals surface area (Å²) in [5.74, 6) is 0.387. The maximum Gasteiger partial charge on any atom is 0.326 e. The third-order valence-electron chi connectivity index (χ3n) is 2.22. The lowest BCUT2D eigenvalue weighted by molar-refractivity contribution is -0.134. The van der Waals surface area contributed by atoms with Gasteiger partial charge in [-0.2, -0.15) is 0 Å². The van der Waals surface area contributed by atoms with Crippen molar-refractivity contribution in [3.8, 4) is 5.75 Å². The van der Waals surface area contributed by atoms with Gasteiger partial charge in [-0.15, -0.1) is 0 Å². The molecule has 1 aliphatic heterocycles. The molecule has 15 heavy (non-hydrogen) atoms. The van der Waals surface area contributed by atoms with E-state index in [-0.39, 0.29) is 15.6 Å². The maximum absolute atomic E-state index is 11.4. The second-order valence-electron chi connectivity index (χ2n) is 3.23. The Kier molecular flexibility index (Phi) is 3.52. The minimum Gasteiger partial charge on any atom is -0.425 e. The van der Waals surface area contributed by atoms with Crippen molar-refractivity contribution in [3.05, 3.63) is 29.3 Å². The first-order valence-electron chi connectivity index (χ1n) is 4.32. The standard InChI is InChI=1S/C10H7Br3O2/c11-4-5-1-2-7-6(3-5)8(12)9(13)10(14)15-7/h1-3,8-9H,4H2/t8-,9-/m1/s1. The summed E-state index contributed by atoms with van der Waals surface area (Å²) in [5.41, 5.74) is 2.17. The zero-order valence-corrected chi connectivity index (χ0v) is 12.3. The lowest BCUT2D eigenvalue weighted by Gasteiger charge is -2.24. The SMILES string of the molecule is O=C1Oc2ccc(CBr)cc2[C@@H](Br)[C@H]1Br. The molecule has 0 bridgehead atoms. The van der Waals surface area contributed by atoms with E-state index in [1.165, 1.54) is 0 Å². The fraction of sp³-hybridized carbons (Fsp3) is 0.300. The van der Waals surface area contributed by atoms with Crippen LogP contribution in [0, 0.1) is 0 Å². The zero-order chi connectivity index (χ0) is 11.0. The molecule has 2 rings (SSSR count). The van der Waals surface area contributed by atoms with E-state index in [0.29, 0.717) is 5.75 Å². The molecule has 5 heteroatoms. The van der Waals surface area contributed by atoms with Crippen molar-refractivity contribution in [1.29, 1.82) is 0 Å². The number of fused-ring (bicyclic) bond motifs is 1. The number of halogens is 3. The highest BCUT2D eigenvalue weighted by Crippen LogP contribution is 2.41. The van der Waals surface area contributed by atoms with Crippen LogP contribution in [0.1, 0.15) is 16.0 Å². The van der Waals surface area contributed by atoms with E-state index in [4.69, 9.17) is 4.74 Å². The minimum atomic E-state index is -0.324. The molecular weight excluding hydrogens is 392 g/mol. The Hall–Kier alpha value is 0.130. The average molecular weight is 399 g/mol. The van der Waals surface area contributed by atoms with Crippen LogP contribution in [-0.4, -0.2) is 10.8 Å². The predicted octanol–water partition coefficient (Wildman–Crippen LogP) is 3.70. The quantitative estimate of drug-likeness (QED) is 0.409. The van der Waals surface area contributed by atoms with E-state index in [9.17, 15) is 4.79 Å². The molecule has 1 aromatic rings. The fourth-order valence-electron chi connectivity index (χ4n) is 1.43. The predicted molar refractivity (Wildman–Crippen MR) is 69.1 cm³/mol. The van der Waals surface area contributed by atoms with Gasteiger partial charge in [0.1, 0.15) is 10.6 Å². The van der Waals surface area contributed by atoms with Gasteiger partial charge in [-0.05, 0) is 11.6 Å². The number of esters is 1. The van der Waals surface area contributed by atoms with Crippen LogP contribution < -0.4 is 4.74 Å². The summed E-state index contributed by atoms with van der Waals surface area (Å²) in [6.07, 6.45) is 0. The molecule has 0 spiro atoms. The van der Waals surface area contributed by atoms with Gasteiger partial charge in [-0.25, -0.2) is 0 Å². The van der Waals surface area contributed by atoms with Crippen LogP contribution in [0.3, 0.4) is 0 Å². The highest BCUT2D eigenvalue weighted by Gasteiger charge is 2.34. The lowest BCUT2D eigenvalue weighted by atomic mass is 10.0. The number of alkyl halides is 3. The largest absolute Gasteiger partial charge is 0.425 e. The second kappa shape index (κ2) is 4.55. The van der Waals surface area contributed by atoms with Crippen molar-refractivity contribution in [2.45, 2.75) is 15.0 Å². The first-order valence-corrected chi connectivity index (χ1v) is 7.27. The van der Waals surface area contributed by atoms with Crippen molar-refractivity contribution in [1.82, 2.24) is 0 Å². The van der Waals surface area contributed by atoms with Crippen molar-refractivity contribution in [3.63, 3.8) is 0 Å². The molecule has 1 aromatic carbocycles. The number of hydrogen-bond donors (Lipinski definition) is 0. The Balaban J connectivity index is 2.46. The van der Waals surface area contributed by atoms with Crippen LogP contribution in [-0.2, 0) is 10.1 Å². The van der Waals surface area contributed by atoms with E-state index in [1.54, 1.807) is 0 Å². The molecule has 0 unspecified atom stereocenters. The number of carbonyl (C=O) groups is 1. The molecule has 2 nitrogen and oxygen atoms in total. The summed E-state index contributed by atoms with van der Waals surface area (Å²) in [6, 6.07) is 5.80. The number of benzene rings is 1. The molecule has 0 radical (unpaired) electrons. The Morgan fingerprint density at radius 3 is 2.67 bits per heavy atom. The highest BCUT2D eigenvalue weighted by molar-refractivity contribution is 9.12. The van der Waals surface area contributed by atoms with E-state index < -0.39 is 0 Å². The fourth-order valence-corrected chi connectivity index (χ4v) is 2.73. The third-order valence-corrected chi connectivity index (χ3v) is 5.50. The van der Waals surface area contributed by atoms with Gasteiger partial charge in [0.15, 0.2) is 0 Å². The molecule has 0 saturated carbocycles. The molecule has 0 N–H and O–H groups in total. The van der Waals surface area contributed by atoms with Gasteiger partial charge in [0.2, 0.25) is 0 Å². The highest BCUT2D eigenvalue weighted by atomic mass is 79.9. The summed E-state index contributed by atoms with van der Waals surface area (Å²) in [6.45, 7) is 0. The molecule has 0 saturated heterocycles. The van der Waals surface area contributed by atoms with Crippen molar-refractivity contribution in [2.75, 3.05) is 0 Å². The number of carbonyl (C=O) groups excluding carboxylic acids is 1. The van der Waals surface area contributed by atoms with E-state index in [2.05, 4.69) is 47.8 Å². The number of ether oxygens (including phenoxy) is 1. The Bertz CT molecular complexity index is 406. The van der Waals surface area contributed by atoms with Crippen LogP contribution >= 0.6 is 47.8 Å². The van der Waals surface area contributed by atoms with Crippen molar-refractivity contribution < 1.29 is 9.53 Å². The van der Waals surface area contributed by atoms with Gasteiger partial charge in [-0.1, -0.05) is 59.9 Å². The number of hydrogen-bond acceptors (Lipinski definition) is 2. The Morgan fingerprint density at radius 1 is 1.27 bits per heavy atom. The summed E-state index contributed by atoms with van der Waals surface area (Å²) in [4.78, 5) is 11.1. The molecule has 80 valence electrons. The summed E-state index contributed by atoms with van der Waals surface area (Å²) >= 11 is 10.2. The van der Waals surface area contributed by atoms with E-state index in [0.717, 1.165) is 16.5 Å². The van der Waals surface area contributed by atoms with Crippen molar-refractivity contribution in [2.24, 2.45) is 0 Å². The first-order chi connectivity index (χ1) is 7.13. The molecule has 1 aliphatic rings. The molecule has 0 aliphatic carbocycles. The first kappa shape index (κ1) is 11.6. The third kappa shape index (κ3) is 2.15.